The molecule has 1 aromatic carbocycles. The summed E-state index contributed by atoms with van der Waals surface area (Å²) in [6.07, 6.45) is 1.29. The van der Waals surface area contributed by atoms with Crippen molar-refractivity contribution in [1.82, 2.24) is 5.32 Å². The number of nitrogens with zero attached hydrogens (tertiary/aromatic N) is 1. The largest absolute Gasteiger partial charge is 0.444 e. The lowest BCUT2D eigenvalue weighted by Crippen LogP contribution is -2.50. The summed E-state index contributed by atoms with van der Waals surface area (Å²) in [5.41, 5.74) is 2.04. The third kappa shape index (κ3) is 4.14. The van der Waals surface area contributed by atoms with E-state index in [4.69, 9.17) is 4.74 Å². The van der Waals surface area contributed by atoms with Crippen LogP contribution in [0, 0.1) is 18.3 Å². The summed E-state index contributed by atoms with van der Waals surface area (Å²) < 4.78 is 5.24. The van der Waals surface area contributed by atoms with Crippen LogP contribution in [0.1, 0.15) is 44.7 Å². The maximum absolute atomic E-state index is 11.7. The molecule has 0 atom stereocenters. The maximum Gasteiger partial charge on any atom is 0.407 e. The predicted molar refractivity (Wildman–Crippen MR) is 85.7 cm³/mol. The molecule has 1 saturated carbocycles. The van der Waals surface area contributed by atoms with Crippen molar-refractivity contribution in [2.45, 2.75) is 58.2 Å². The van der Waals surface area contributed by atoms with Crippen LogP contribution in [0.5, 0.6) is 0 Å². The van der Waals surface area contributed by atoms with Crippen molar-refractivity contribution in [1.29, 1.82) is 5.26 Å². The van der Waals surface area contributed by atoms with Gasteiger partial charge in [0, 0.05) is 12.1 Å². The number of hydrogen-bond acceptors (Lipinski definition) is 4. The summed E-state index contributed by atoms with van der Waals surface area (Å²) in [5.74, 6) is 0. The Labute approximate surface area is 131 Å². The highest BCUT2D eigenvalue weighted by Crippen LogP contribution is 2.27. The molecule has 5 heteroatoms. The molecule has 0 aliphatic heterocycles. The van der Waals surface area contributed by atoms with E-state index >= 15 is 0 Å². The third-order valence-corrected chi connectivity index (χ3v) is 3.60. The first-order valence-electron chi connectivity index (χ1n) is 7.54. The molecule has 2 N–H and O–H groups in total. The topological polar surface area (TPSA) is 74.2 Å². The highest BCUT2D eigenvalue weighted by molar-refractivity contribution is 5.68. The van der Waals surface area contributed by atoms with Crippen LogP contribution >= 0.6 is 0 Å². The van der Waals surface area contributed by atoms with Gasteiger partial charge in [0.15, 0.2) is 0 Å². The van der Waals surface area contributed by atoms with Gasteiger partial charge in [-0.2, -0.15) is 5.26 Å². The Kier molecular flexibility index (Phi) is 4.60. The van der Waals surface area contributed by atoms with Crippen LogP contribution in [0.15, 0.2) is 18.2 Å². The Hall–Kier alpha value is -2.22. The lowest BCUT2D eigenvalue weighted by Gasteiger charge is -2.37. The standard InChI is InChI=1S/C17H23N3O2/c1-11-6-5-7-15(14(11)10-18)19-12-8-13(9-12)20-16(21)22-17(2,3)4/h5-7,12-13,19H,8-9H2,1-4H3,(H,20,21). The van der Waals surface area contributed by atoms with Crippen LogP contribution in [-0.4, -0.2) is 23.8 Å². The zero-order chi connectivity index (χ0) is 16.3. The minimum atomic E-state index is -0.477. The fourth-order valence-electron chi connectivity index (χ4n) is 2.48. The molecule has 0 radical (unpaired) electrons. The summed E-state index contributed by atoms with van der Waals surface area (Å²) in [7, 11) is 0. The molecule has 22 heavy (non-hydrogen) atoms. The van der Waals surface area contributed by atoms with Gasteiger partial charge in [-0.3, -0.25) is 0 Å². The van der Waals surface area contributed by atoms with Crippen molar-refractivity contribution >= 4 is 11.8 Å². The van der Waals surface area contributed by atoms with E-state index in [0.29, 0.717) is 5.56 Å². The molecule has 0 unspecified atom stereocenters. The van der Waals surface area contributed by atoms with E-state index < -0.39 is 5.60 Å². The number of ether oxygens (including phenoxy) is 1. The van der Waals surface area contributed by atoms with Gasteiger partial charge in [0.05, 0.1) is 11.3 Å². The van der Waals surface area contributed by atoms with Gasteiger partial charge in [-0.15, -0.1) is 0 Å². The zero-order valence-electron chi connectivity index (χ0n) is 13.6. The molecule has 1 aromatic rings. The van der Waals surface area contributed by atoms with Crippen molar-refractivity contribution in [3.63, 3.8) is 0 Å². The van der Waals surface area contributed by atoms with E-state index in [0.717, 1.165) is 24.1 Å². The van der Waals surface area contributed by atoms with E-state index in [1.165, 1.54) is 0 Å². The van der Waals surface area contributed by atoms with Gasteiger partial charge in [-0.05, 0) is 52.2 Å². The first kappa shape index (κ1) is 16.2. The van der Waals surface area contributed by atoms with Crippen molar-refractivity contribution in [3.8, 4) is 6.07 Å². The van der Waals surface area contributed by atoms with Gasteiger partial charge >= 0.3 is 6.09 Å². The first-order chi connectivity index (χ1) is 10.3. The molecule has 0 aromatic heterocycles. The molecule has 2 rings (SSSR count). The van der Waals surface area contributed by atoms with Crippen LogP contribution in [0.25, 0.3) is 0 Å². The van der Waals surface area contributed by atoms with Gasteiger partial charge < -0.3 is 15.4 Å². The van der Waals surface area contributed by atoms with Gasteiger partial charge in [-0.25, -0.2) is 4.79 Å². The van der Waals surface area contributed by atoms with Crippen LogP contribution in [0.3, 0.4) is 0 Å². The fourth-order valence-corrected chi connectivity index (χ4v) is 2.48. The molecule has 0 heterocycles. The van der Waals surface area contributed by atoms with Crippen molar-refractivity contribution in [3.05, 3.63) is 29.3 Å². The highest BCUT2D eigenvalue weighted by atomic mass is 16.6. The average Bonchev–Trinajstić information content (AvgIpc) is 2.34. The maximum atomic E-state index is 11.7. The molecule has 0 spiro atoms. The number of nitriles is 1. The fraction of sp³-hybridized carbons (Fsp3) is 0.529. The summed E-state index contributed by atoms with van der Waals surface area (Å²) >= 11 is 0. The Morgan fingerprint density at radius 2 is 2.00 bits per heavy atom. The van der Waals surface area contributed by atoms with Crippen LogP contribution < -0.4 is 10.6 Å². The van der Waals surface area contributed by atoms with Crippen molar-refractivity contribution in [2.75, 3.05) is 5.32 Å². The molecule has 1 fully saturated rings. The molecular weight excluding hydrogens is 278 g/mol. The lowest BCUT2D eigenvalue weighted by atomic mass is 9.86. The average molecular weight is 301 g/mol. The molecule has 0 bridgehead atoms. The minimum Gasteiger partial charge on any atom is -0.444 e. The number of aryl methyl sites for hydroxylation is 1. The van der Waals surface area contributed by atoms with Gasteiger partial charge in [0.1, 0.15) is 11.7 Å². The molecule has 0 saturated heterocycles. The number of carbonyl (C=O) groups excluding carboxylic acids is 1. The highest BCUT2D eigenvalue weighted by Gasteiger charge is 2.32. The molecule has 5 nitrogen and oxygen atoms in total. The van der Waals surface area contributed by atoms with E-state index in [-0.39, 0.29) is 18.2 Å². The van der Waals surface area contributed by atoms with E-state index in [1.807, 2.05) is 45.9 Å². The second-order valence-electron chi connectivity index (χ2n) is 6.77. The SMILES string of the molecule is Cc1cccc(NC2CC(NC(=O)OC(C)(C)C)C2)c1C#N. The first-order valence-corrected chi connectivity index (χ1v) is 7.54. The van der Waals surface area contributed by atoms with Crippen LogP contribution in [0.2, 0.25) is 0 Å². The number of nitrogens with one attached hydrogen (secondary N) is 2. The molecular formula is C17H23N3O2. The number of amides is 1. The number of carbonyl (C=O) groups is 1. The number of hydrogen-bond donors (Lipinski definition) is 2. The summed E-state index contributed by atoms with van der Waals surface area (Å²) in [6, 6.07) is 8.42. The van der Waals surface area contributed by atoms with Crippen molar-refractivity contribution < 1.29 is 9.53 Å². The quantitative estimate of drug-likeness (QED) is 0.898. The molecule has 118 valence electrons. The summed E-state index contributed by atoms with van der Waals surface area (Å²) in [6.45, 7) is 7.47. The van der Waals surface area contributed by atoms with E-state index in [2.05, 4.69) is 16.7 Å². The second-order valence-corrected chi connectivity index (χ2v) is 6.77. The van der Waals surface area contributed by atoms with Gasteiger partial charge in [-0.1, -0.05) is 12.1 Å². The zero-order valence-corrected chi connectivity index (χ0v) is 13.6. The second kappa shape index (κ2) is 6.27. The van der Waals surface area contributed by atoms with Crippen molar-refractivity contribution in [2.24, 2.45) is 0 Å². The molecule has 1 aliphatic carbocycles. The Balaban J connectivity index is 1.82. The smallest absolute Gasteiger partial charge is 0.407 e. The monoisotopic (exact) mass is 301 g/mol. The van der Waals surface area contributed by atoms with Gasteiger partial charge in [0.2, 0.25) is 0 Å². The van der Waals surface area contributed by atoms with E-state index in [9.17, 15) is 10.1 Å². The number of benzene rings is 1. The number of anilines is 1. The minimum absolute atomic E-state index is 0.127. The Bertz CT molecular complexity index is 593. The third-order valence-electron chi connectivity index (χ3n) is 3.60. The number of rotatable bonds is 3. The van der Waals surface area contributed by atoms with E-state index in [1.54, 1.807) is 0 Å². The van der Waals surface area contributed by atoms with Gasteiger partial charge in [0.25, 0.3) is 0 Å². The van der Waals surface area contributed by atoms with Crippen LogP contribution in [-0.2, 0) is 4.74 Å². The lowest BCUT2D eigenvalue weighted by molar-refractivity contribution is 0.0475. The number of alkyl carbamates (subject to hydrolysis) is 1. The molecule has 1 aliphatic rings. The normalized spacial score (nSPS) is 20.5. The summed E-state index contributed by atoms with van der Waals surface area (Å²) in [5, 5.41) is 15.5. The Morgan fingerprint density at radius 1 is 1.32 bits per heavy atom. The molecule has 1 amide bonds. The predicted octanol–water partition coefficient (Wildman–Crippen LogP) is 3.33. The van der Waals surface area contributed by atoms with Crippen LogP contribution in [0.4, 0.5) is 10.5 Å². The summed E-state index contributed by atoms with van der Waals surface area (Å²) in [4.78, 5) is 11.7. The Morgan fingerprint density at radius 3 is 2.59 bits per heavy atom.